The zero-order chi connectivity index (χ0) is 16.8. The minimum atomic E-state index is 0.329. The molecule has 0 N–H and O–H groups in total. The lowest BCUT2D eigenvalue weighted by molar-refractivity contribution is 1.00. The quantitative estimate of drug-likeness (QED) is 0.468. The van der Waals surface area contributed by atoms with E-state index in [9.17, 15) is 0 Å². The van der Waals surface area contributed by atoms with Crippen molar-refractivity contribution in [2.75, 3.05) is 0 Å². The predicted molar refractivity (Wildman–Crippen MR) is 95.4 cm³/mol. The van der Waals surface area contributed by atoms with E-state index >= 15 is 0 Å². The van der Waals surface area contributed by atoms with Gasteiger partial charge in [-0.15, -0.1) is 10.2 Å². The minimum Gasteiger partial charge on any atom is -0.223 e. The van der Waals surface area contributed by atoms with Gasteiger partial charge in [-0.1, -0.05) is 29.3 Å². The average Bonchev–Trinajstić information content (AvgIpc) is 2.54. The van der Waals surface area contributed by atoms with Gasteiger partial charge in [0.15, 0.2) is 5.82 Å². The molecule has 0 amide bonds. The fraction of sp³-hybridized carbons (Fsp3) is 0.118. The molecular formula is C17H11Cl2N5. The number of aromatic nitrogens is 5. The van der Waals surface area contributed by atoms with Crippen LogP contribution < -0.4 is 0 Å². The van der Waals surface area contributed by atoms with Crippen molar-refractivity contribution in [1.29, 1.82) is 0 Å². The first-order valence-electron chi connectivity index (χ1n) is 7.27. The van der Waals surface area contributed by atoms with E-state index < -0.39 is 0 Å². The maximum atomic E-state index is 6.22. The molecule has 0 fully saturated rings. The standard InChI is InChI=1S/C17H11Cl2N5/c1-8-6-12-13(7-9(8)2)21-17-16(20-12)22-15(23-24-17)14-10(18)4-3-5-11(14)19/h3-7H,1-2H3. The van der Waals surface area contributed by atoms with Crippen molar-refractivity contribution >= 4 is 45.5 Å². The van der Waals surface area contributed by atoms with Gasteiger partial charge in [0.05, 0.1) is 26.6 Å². The smallest absolute Gasteiger partial charge is 0.220 e. The number of rotatable bonds is 1. The van der Waals surface area contributed by atoms with Gasteiger partial charge in [-0.05, 0) is 49.2 Å². The Morgan fingerprint density at radius 2 is 1.33 bits per heavy atom. The van der Waals surface area contributed by atoms with Crippen LogP contribution in [-0.4, -0.2) is 25.1 Å². The van der Waals surface area contributed by atoms with E-state index in [2.05, 4.69) is 25.1 Å². The van der Waals surface area contributed by atoms with Gasteiger partial charge >= 0.3 is 0 Å². The highest BCUT2D eigenvalue weighted by atomic mass is 35.5. The van der Waals surface area contributed by atoms with Gasteiger partial charge in [0.1, 0.15) is 0 Å². The molecule has 0 saturated heterocycles. The summed E-state index contributed by atoms with van der Waals surface area (Å²) >= 11 is 12.4. The van der Waals surface area contributed by atoms with E-state index in [1.165, 1.54) is 0 Å². The Morgan fingerprint density at radius 3 is 1.96 bits per heavy atom. The van der Waals surface area contributed by atoms with Crippen LogP contribution in [0.5, 0.6) is 0 Å². The van der Waals surface area contributed by atoms with E-state index in [-0.39, 0.29) is 0 Å². The van der Waals surface area contributed by atoms with Crippen LogP contribution in [0.15, 0.2) is 30.3 Å². The van der Waals surface area contributed by atoms with E-state index in [1.54, 1.807) is 18.2 Å². The van der Waals surface area contributed by atoms with Gasteiger partial charge in [-0.3, -0.25) is 0 Å². The largest absolute Gasteiger partial charge is 0.223 e. The van der Waals surface area contributed by atoms with Crippen LogP contribution in [-0.2, 0) is 0 Å². The second-order valence-electron chi connectivity index (χ2n) is 5.53. The average molecular weight is 356 g/mol. The molecule has 2 heterocycles. The zero-order valence-electron chi connectivity index (χ0n) is 12.9. The summed E-state index contributed by atoms with van der Waals surface area (Å²) in [6.07, 6.45) is 0. The topological polar surface area (TPSA) is 64.5 Å². The van der Waals surface area contributed by atoms with Gasteiger partial charge in [-0.2, -0.15) is 0 Å². The molecule has 118 valence electrons. The molecule has 7 heteroatoms. The molecule has 0 atom stereocenters. The molecule has 0 unspecified atom stereocenters. The molecule has 0 spiro atoms. The lowest BCUT2D eigenvalue weighted by Crippen LogP contribution is -2.00. The molecule has 0 aliphatic carbocycles. The Labute approximate surface area is 147 Å². The summed E-state index contributed by atoms with van der Waals surface area (Å²) in [6.45, 7) is 4.07. The Morgan fingerprint density at radius 1 is 0.750 bits per heavy atom. The number of benzene rings is 2. The SMILES string of the molecule is Cc1cc2nc3nnc(-c4c(Cl)cccc4Cl)nc3nc2cc1C. The molecule has 24 heavy (non-hydrogen) atoms. The highest BCUT2D eigenvalue weighted by Crippen LogP contribution is 2.32. The summed E-state index contributed by atoms with van der Waals surface area (Å²) in [5, 5.41) is 9.18. The predicted octanol–water partition coefficient (Wildman–Crippen LogP) is 4.56. The third kappa shape index (κ3) is 2.46. The Balaban J connectivity index is 1.98. The third-order valence-corrected chi connectivity index (χ3v) is 4.51. The highest BCUT2D eigenvalue weighted by Gasteiger charge is 2.14. The van der Waals surface area contributed by atoms with Crippen molar-refractivity contribution in [3.63, 3.8) is 0 Å². The first-order valence-corrected chi connectivity index (χ1v) is 8.02. The maximum absolute atomic E-state index is 6.22. The second-order valence-corrected chi connectivity index (χ2v) is 6.34. The van der Waals surface area contributed by atoms with E-state index in [0.29, 0.717) is 32.7 Å². The van der Waals surface area contributed by atoms with Crippen LogP contribution in [0, 0.1) is 13.8 Å². The van der Waals surface area contributed by atoms with Crippen molar-refractivity contribution in [2.45, 2.75) is 13.8 Å². The normalized spacial score (nSPS) is 11.3. The lowest BCUT2D eigenvalue weighted by Gasteiger charge is -2.06. The fourth-order valence-corrected chi connectivity index (χ4v) is 3.04. The fourth-order valence-electron chi connectivity index (χ4n) is 2.47. The molecule has 4 aromatic rings. The number of aryl methyl sites for hydroxylation is 2. The Hall–Kier alpha value is -2.37. The first-order chi connectivity index (χ1) is 11.5. The van der Waals surface area contributed by atoms with Crippen molar-refractivity contribution < 1.29 is 0 Å². The number of halogens is 2. The van der Waals surface area contributed by atoms with Crippen molar-refractivity contribution in [2.24, 2.45) is 0 Å². The van der Waals surface area contributed by atoms with Crippen LogP contribution in [0.4, 0.5) is 0 Å². The summed E-state index contributed by atoms with van der Waals surface area (Å²) in [6, 6.07) is 9.20. The summed E-state index contributed by atoms with van der Waals surface area (Å²) in [7, 11) is 0. The van der Waals surface area contributed by atoms with Crippen LogP contribution in [0.3, 0.4) is 0 Å². The highest BCUT2D eigenvalue weighted by molar-refractivity contribution is 6.39. The zero-order valence-corrected chi connectivity index (χ0v) is 14.4. The van der Waals surface area contributed by atoms with Crippen molar-refractivity contribution in [1.82, 2.24) is 25.1 Å². The summed E-state index contributed by atoms with van der Waals surface area (Å²) in [4.78, 5) is 13.5. The number of hydrogen-bond acceptors (Lipinski definition) is 5. The summed E-state index contributed by atoms with van der Waals surface area (Å²) in [5.74, 6) is 0.329. The maximum Gasteiger partial charge on any atom is 0.220 e. The van der Waals surface area contributed by atoms with Gasteiger partial charge in [0.2, 0.25) is 11.3 Å². The molecule has 0 saturated carbocycles. The molecule has 0 bridgehead atoms. The molecule has 4 rings (SSSR count). The number of hydrogen-bond donors (Lipinski definition) is 0. The molecule has 2 aromatic carbocycles. The molecule has 0 aliphatic heterocycles. The van der Waals surface area contributed by atoms with E-state index in [4.69, 9.17) is 23.2 Å². The van der Waals surface area contributed by atoms with Gasteiger partial charge in [0, 0.05) is 0 Å². The lowest BCUT2D eigenvalue weighted by atomic mass is 10.1. The summed E-state index contributed by atoms with van der Waals surface area (Å²) < 4.78 is 0. The second kappa shape index (κ2) is 5.61. The molecular weight excluding hydrogens is 345 g/mol. The molecule has 0 aliphatic rings. The van der Waals surface area contributed by atoms with Crippen molar-refractivity contribution in [3.8, 4) is 11.4 Å². The number of nitrogens with zero attached hydrogens (tertiary/aromatic N) is 5. The Kier molecular flexibility index (Phi) is 3.55. The molecule has 0 radical (unpaired) electrons. The van der Waals surface area contributed by atoms with Gasteiger partial charge < -0.3 is 0 Å². The first kappa shape index (κ1) is 15.2. The Bertz CT molecular complexity index is 1090. The van der Waals surface area contributed by atoms with E-state index in [0.717, 1.165) is 22.2 Å². The monoisotopic (exact) mass is 355 g/mol. The summed E-state index contributed by atoms with van der Waals surface area (Å²) in [5.41, 5.74) is 5.17. The van der Waals surface area contributed by atoms with Crippen LogP contribution in [0.1, 0.15) is 11.1 Å². The van der Waals surface area contributed by atoms with Gasteiger partial charge in [0.25, 0.3) is 0 Å². The van der Waals surface area contributed by atoms with Crippen LogP contribution in [0.2, 0.25) is 10.0 Å². The van der Waals surface area contributed by atoms with Gasteiger partial charge in [-0.25, -0.2) is 15.0 Å². The van der Waals surface area contributed by atoms with Crippen LogP contribution >= 0.6 is 23.2 Å². The minimum absolute atomic E-state index is 0.329. The van der Waals surface area contributed by atoms with Crippen LogP contribution in [0.25, 0.3) is 33.7 Å². The van der Waals surface area contributed by atoms with Crippen molar-refractivity contribution in [3.05, 3.63) is 51.5 Å². The van der Waals surface area contributed by atoms with E-state index in [1.807, 2.05) is 26.0 Å². The third-order valence-electron chi connectivity index (χ3n) is 3.88. The molecule has 2 aromatic heterocycles. The number of fused-ring (bicyclic) bond motifs is 2. The molecule has 5 nitrogen and oxygen atoms in total.